The van der Waals surface area contributed by atoms with Gasteiger partial charge in [0, 0.05) is 19.1 Å². The molecular formula is C14H20N6O2. The van der Waals surface area contributed by atoms with Gasteiger partial charge in [0.25, 0.3) is 5.56 Å². The fraction of sp³-hybridized carbons (Fsp3) is 0.500. The van der Waals surface area contributed by atoms with Crippen molar-refractivity contribution in [3.63, 3.8) is 0 Å². The van der Waals surface area contributed by atoms with Crippen LogP contribution in [0.15, 0.2) is 9.59 Å². The molecule has 0 aliphatic heterocycles. The Morgan fingerprint density at radius 2 is 2.05 bits per heavy atom. The molecule has 4 N–H and O–H groups in total. The molecule has 2 aromatic rings. The van der Waals surface area contributed by atoms with Crippen LogP contribution in [0.5, 0.6) is 0 Å². The van der Waals surface area contributed by atoms with Crippen LogP contribution in [0, 0.1) is 11.8 Å². The Labute approximate surface area is 127 Å². The minimum absolute atomic E-state index is 0.239. The van der Waals surface area contributed by atoms with Gasteiger partial charge >= 0.3 is 5.69 Å². The third kappa shape index (κ3) is 3.20. The van der Waals surface area contributed by atoms with E-state index in [4.69, 9.17) is 5.73 Å². The second kappa shape index (κ2) is 5.69. The second-order valence-corrected chi connectivity index (χ2v) is 5.87. The van der Waals surface area contributed by atoms with E-state index >= 15 is 0 Å². The first-order chi connectivity index (χ1) is 10.2. The molecule has 2 rings (SSSR count). The van der Waals surface area contributed by atoms with Crippen LogP contribution in [0.2, 0.25) is 0 Å². The summed E-state index contributed by atoms with van der Waals surface area (Å²) < 4.78 is 1.67. The van der Waals surface area contributed by atoms with Crippen molar-refractivity contribution >= 4 is 17.1 Å². The number of likely N-dealkylation sites (N-methyl/N-ethyl adjacent to an activating group) is 1. The normalized spacial score (nSPS) is 11.3. The number of rotatable bonds is 4. The van der Waals surface area contributed by atoms with E-state index in [9.17, 15) is 9.59 Å². The molecule has 0 spiro atoms. The van der Waals surface area contributed by atoms with E-state index < -0.39 is 16.8 Å². The van der Waals surface area contributed by atoms with Gasteiger partial charge in [0.2, 0.25) is 5.95 Å². The highest BCUT2D eigenvalue weighted by Crippen LogP contribution is 2.18. The molecule has 0 atom stereocenters. The number of nitrogens with zero attached hydrogens (tertiary/aromatic N) is 3. The molecule has 0 aliphatic carbocycles. The molecule has 22 heavy (non-hydrogen) atoms. The van der Waals surface area contributed by atoms with Gasteiger partial charge in [-0.15, -0.1) is 5.92 Å². The molecule has 2 aromatic heterocycles. The predicted octanol–water partition coefficient (Wildman–Crippen LogP) is -0.390. The van der Waals surface area contributed by atoms with Crippen LogP contribution in [0.1, 0.15) is 20.8 Å². The first-order valence-corrected chi connectivity index (χ1v) is 6.85. The van der Waals surface area contributed by atoms with E-state index in [1.54, 1.807) is 11.5 Å². The molecule has 0 saturated carbocycles. The molecule has 8 heteroatoms. The maximum atomic E-state index is 12.1. The minimum Gasteiger partial charge on any atom is -0.343 e. The van der Waals surface area contributed by atoms with Gasteiger partial charge in [0.15, 0.2) is 11.2 Å². The van der Waals surface area contributed by atoms with Gasteiger partial charge < -0.3 is 10.6 Å². The van der Waals surface area contributed by atoms with E-state index in [0.29, 0.717) is 24.6 Å². The lowest BCUT2D eigenvalue weighted by Crippen LogP contribution is -2.44. The Kier molecular flexibility index (Phi) is 4.10. The number of anilines is 1. The van der Waals surface area contributed by atoms with Crippen LogP contribution < -0.4 is 21.9 Å². The van der Waals surface area contributed by atoms with Crippen molar-refractivity contribution in [2.75, 3.05) is 18.5 Å². The molecule has 8 nitrogen and oxygen atoms in total. The number of nitrogens with two attached hydrogens (primary N) is 1. The zero-order chi connectivity index (χ0) is 16.5. The summed E-state index contributed by atoms with van der Waals surface area (Å²) in [6.07, 6.45) is 0. The van der Waals surface area contributed by atoms with E-state index in [1.807, 2.05) is 25.8 Å². The number of H-pyrrole nitrogens is 2. The molecule has 0 fully saturated rings. The molecular weight excluding hydrogens is 284 g/mol. The number of nitrogens with one attached hydrogen (secondary N) is 2. The summed E-state index contributed by atoms with van der Waals surface area (Å²) in [5.41, 5.74) is 5.06. The Morgan fingerprint density at radius 1 is 1.36 bits per heavy atom. The Balaban J connectivity index is 2.66. The number of fused-ring (bicyclic) bond motifs is 1. The van der Waals surface area contributed by atoms with Crippen molar-refractivity contribution in [2.24, 2.45) is 5.73 Å². The van der Waals surface area contributed by atoms with Gasteiger partial charge in [-0.3, -0.25) is 19.3 Å². The number of hydrogen-bond donors (Lipinski definition) is 3. The summed E-state index contributed by atoms with van der Waals surface area (Å²) in [5, 5.41) is 0. The lowest BCUT2D eigenvalue weighted by molar-refractivity contribution is 0.513. The van der Waals surface area contributed by atoms with E-state index in [0.717, 1.165) is 0 Å². The van der Waals surface area contributed by atoms with E-state index in [-0.39, 0.29) is 5.65 Å². The van der Waals surface area contributed by atoms with Crippen molar-refractivity contribution in [3.05, 3.63) is 20.8 Å². The van der Waals surface area contributed by atoms with Crippen molar-refractivity contribution < 1.29 is 0 Å². The molecule has 0 amide bonds. The first-order valence-electron chi connectivity index (χ1n) is 6.85. The average molecular weight is 304 g/mol. The average Bonchev–Trinajstić information content (AvgIpc) is 2.73. The number of hydrogen-bond acceptors (Lipinski definition) is 5. The highest BCUT2D eigenvalue weighted by Gasteiger charge is 2.21. The Morgan fingerprint density at radius 3 is 2.64 bits per heavy atom. The van der Waals surface area contributed by atoms with Crippen LogP contribution in [0.4, 0.5) is 5.95 Å². The molecule has 0 saturated heterocycles. The molecule has 0 unspecified atom stereocenters. The fourth-order valence-electron chi connectivity index (χ4n) is 2.34. The fourth-order valence-corrected chi connectivity index (χ4v) is 2.34. The topological polar surface area (TPSA) is 113 Å². The van der Waals surface area contributed by atoms with Gasteiger partial charge in [-0.1, -0.05) is 5.92 Å². The number of aromatic nitrogens is 4. The zero-order valence-electron chi connectivity index (χ0n) is 13.1. The largest absolute Gasteiger partial charge is 0.343 e. The molecule has 0 aromatic carbocycles. The third-order valence-corrected chi connectivity index (χ3v) is 3.02. The summed E-state index contributed by atoms with van der Waals surface area (Å²) in [6, 6.07) is 0. The van der Waals surface area contributed by atoms with Crippen molar-refractivity contribution in [1.82, 2.24) is 19.5 Å². The Hall–Kier alpha value is -2.53. The van der Waals surface area contributed by atoms with Crippen LogP contribution in [-0.4, -0.2) is 38.7 Å². The SMILES string of the molecule is CC#CCn1c(N(C)CC(C)(C)N)nc2[nH]c(=O)[nH]c(=O)c21. The first kappa shape index (κ1) is 15.9. The summed E-state index contributed by atoms with van der Waals surface area (Å²) in [4.78, 5) is 34.4. The number of aromatic amines is 2. The van der Waals surface area contributed by atoms with Crippen molar-refractivity contribution in [2.45, 2.75) is 32.9 Å². The third-order valence-electron chi connectivity index (χ3n) is 3.02. The summed E-state index contributed by atoms with van der Waals surface area (Å²) in [7, 11) is 1.83. The summed E-state index contributed by atoms with van der Waals surface area (Å²) >= 11 is 0. The monoisotopic (exact) mass is 304 g/mol. The molecule has 0 aliphatic rings. The van der Waals surface area contributed by atoms with Gasteiger partial charge in [-0.25, -0.2) is 4.79 Å². The van der Waals surface area contributed by atoms with Gasteiger partial charge in [-0.05, 0) is 20.8 Å². The predicted molar refractivity (Wildman–Crippen MR) is 86.0 cm³/mol. The molecule has 0 radical (unpaired) electrons. The van der Waals surface area contributed by atoms with Crippen molar-refractivity contribution in [1.29, 1.82) is 0 Å². The van der Waals surface area contributed by atoms with Gasteiger partial charge in [0.1, 0.15) is 0 Å². The van der Waals surface area contributed by atoms with Crippen LogP contribution >= 0.6 is 0 Å². The quantitative estimate of drug-likeness (QED) is 0.666. The Bertz CT molecular complexity index is 856. The van der Waals surface area contributed by atoms with Gasteiger partial charge in [0.05, 0.1) is 6.54 Å². The van der Waals surface area contributed by atoms with Gasteiger partial charge in [-0.2, -0.15) is 4.98 Å². The lowest BCUT2D eigenvalue weighted by atomic mass is 10.1. The van der Waals surface area contributed by atoms with Crippen LogP contribution in [0.25, 0.3) is 11.2 Å². The molecule has 0 bridgehead atoms. The molecule has 2 heterocycles. The highest BCUT2D eigenvalue weighted by atomic mass is 16.2. The molecule has 118 valence electrons. The van der Waals surface area contributed by atoms with Crippen molar-refractivity contribution in [3.8, 4) is 11.8 Å². The second-order valence-electron chi connectivity index (χ2n) is 5.87. The minimum atomic E-state index is -0.586. The van der Waals surface area contributed by atoms with Crippen LogP contribution in [-0.2, 0) is 6.54 Å². The number of imidazole rings is 1. The smallest absolute Gasteiger partial charge is 0.327 e. The summed E-state index contributed by atoms with van der Waals surface area (Å²) in [5.74, 6) is 6.23. The standard InChI is InChI=1S/C14H20N6O2/c1-5-6-7-20-9-10(16-12(22)18-11(9)21)17-13(20)19(4)8-14(2,3)15/h7-8,15H2,1-4H3,(H2,16,18,21,22). The van der Waals surface area contributed by atoms with E-state index in [1.165, 1.54) is 0 Å². The zero-order valence-corrected chi connectivity index (χ0v) is 13.1. The van der Waals surface area contributed by atoms with Crippen LogP contribution in [0.3, 0.4) is 0 Å². The summed E-state index contributed by atoms with van der Waals surface area (Å²) in [6.45, 7) is 6.34. The highest BCUT2D eigenvalue weighted by molar-refractivity contribution is 5.73. The maximum absolute atomic E-state index is 12.1. The lowest BCUT2D eigenvalue weighted by Gasteiger charge is -2.27. The maximum Gasteiger partial charge on any atom is 0.327 e. The van der Waals surface area contributed by atoms with E-state index in [2.05, 4.69) is 26.8 Å².